The standard InChI is InChI=1S/C14H12Cl2N4O/c1-2-4-17-13(21)12-3-5-18-14(20-12)19-11-7-9(15)6-10(16)8-11/h2-3,5-8H,1,4H2,(H,17,21)(H,18,19,20). The van der Waals surface area contributed by atoms with Crippen molar-refractivity contribution in [2.24, 2.45) is 0 Å². The molecule has 2 aromatic rings. The molecule has 0 radical (unpaired) electrons. The number of halogens is 2. The van der Waals surface area contributed by atoms with Crippen molar-refractivity contribution in [2.75, 3.05) is 11.9 Å². The van der Waals surface area contributed by atoms with E-state index in [1.807, 2.05) is 0 Å². The van der Waals surface area contributed by atoms with E-state index in [9.17, 15) is 4.79 Å². The number of rotatable bonds is 5. The maximum atomic E-state index is 11.8. The van der Waals surface area contributed by atoms with E-state index in [4.69, 9.17) is 23.2 Å². The highest BCUT2D eigenvalue weighted by Gasteiger charge is 2.08. The first-order valence-corrected chi connectivity index (χ1v) is 6.79. The number of benzene rings is 1. The highest BCUT2D eigenvalue weighted by Crippen LogP contribution is 2.24. The third kappa shape index (κ3) is 4.44. The molecule has 0 fully saturated rings. The number of hydrogen-bond acceptors (Lipinski definition) is 4. The second-order valence-electron chi connectivity index (χ2n) is 4.05. The lowest BCUT2D eigenvalue weighted by atomic mass is 10.3. The lowest BCUT2D eigenvalue weighted by molar-refractivity contribution is 0.0953. The Morgan fingerprint density at radius 3 is 2.67 bits per heavy atom. The smallest absolute Gasteiger partial charge is 0.270 e. The van der Waals surface area contributed by atoms with E-state index in [-0.39, 0.29) is 17.5 Å². The van der Waals surface area contributed by atoms with Crippen LogP contribution in [0, 0.1) is 0 Å². The number of amides is 1. The summed E-state index contributed by atoms with van der Waals surface area (Å²) in [5.74, 6) is -0.0240. The van der Waals surface area contributed by atoms with Crippen LogP contribution in [0.15, 0.2) is 43.1 Å². The van der Waals surface area contributed by atoms with Crippen molar-refractivity contribution in [3.05, 3.63) is 58.9 Å². The van der Waals surface area contributed by atoms with Gasteiger partial charge in [-0.1, -0.05) is 29.3 Å². The van der Waals surface area contributed by atoms with Crippen LogP contribution < -0.4 is 10.6 Å². The van der Waals surface area contributed by atoms with Crippen LogP contribution in [0.1, 0.15) is 10.5 Å². The van der Waals surface area contributed by atoms with Gasteiger partial charge in [-0.25, -0.2) is 9.97 Å². The van der Waals surface area contributed by atoms with Gasteiger partial charge in [-0.2, -0.15) is 0 Å². The van der Waals surface area contributed by atoms with E-state index in [0.29, 0.717) is 22.3 Å². The molecule has 0 aliphatic carbocycles. The largest absolute Gasteiger partial charge is 0.347 e. The molecule has 1 amide bonds. The molecule has 0 bridgehead atoms. The summed E-state index contributed by atoms with van der Waals surface area (Å²) in [5.41, 5.74) is 0.888. The summed E-state index contributed by atoms with van der Waals surface area (Å²) in [7, 11) is 0. The number of hydrogen-bond donors (Lipinski definition) is 2. The van der Waals surface area contributed by atoms with E-state index in [2.05, 4.69) is 27.2 Å². The normalized spacial score (nSPS) is 10.0. The zero-order valence-corrected chi connectivity index (χ0v) is 12.4. The average molecular weight is 323 g/mol. The summed E-state index contributed by atoms with van der Waals surface area (Å²) < 4.78 is 0. The van der Waals surface area contributed by atoms with Gasteiger partial charge in [0.25, 0.3) is 5.91 Å². The van der Waals surface area contributed by atoms with Gasteiger partial charge in [-0.15, -0.1) is 6.58 Å². The molecule has 5 nitrogen and oxygen atoms in total. The number of carbonyl (C=O) groups is 1. The highest BCUT2D eigenvalue weighted by molar-refractivity contribution is 6.35. The number of anilines is 2. The van der Waals surface area contributed by atoms with Crippen molar-refractivity contribution in [3.8, 4) is 0 Å². The van der Waals surface area contributed by atoms with Crippen molar-refractivity contribution in [3.63, 3.8) is 0 Å². The van der Waals surface area contributed by atoms with Crippen molar-refractivity contribution < 1.29 is 4.79 Å². The number of carbonyl (C=O) groups excluding carboxylic acids is 1. The van der Waals surface area contributed by atoms with Gasteiger partial charge in [0.05, 0.1) is 0 Å². The molecule has 0 spiro atoms. The molecule has 0 atom stereocenters. The zero-order chi connectivity index (χ0) is 15.2. The van der Waals surface area contributed by atoms with Crippen LogP contribution in [-0.2, 0) is 0 Å². The number of aromatic nitrogens is 2. The summed E-state index contributed by atoms with van der Waals surface area (Å²) in [4.78, 5) is 20.0. The van der Waals surface area contributed by atoms with E-state index in [1.165, 1.54) is 12.3 Å². The van der Waals surface area contributed by atoms with E-state index >= 15 is 0 Å². The van der Waals surface area contributed by atoms with Crippen LogP contribution in [-0.4, -0.2) is 22.4 Å². The van der Waals surface area contributed by atoms with Crippen molar-refractivity contribution >= 4 is 40.7 Å². The first kappa shape index (κ1) is 15.3. The van der Waals surface area contributed by atoms with Gasteiger partial charge in [0.15, 0.2) is 0 Å². The minimum atomic E-state index is -0.301. The minimum absolute atomic E-state index is 0.252. The molecule has 7 heteroatoms. The minimum Gasteiger partial charge on any atom is -0.347 e. The summed E-state index contributed by atoms with van der Waals surface area (Å²) in [6.07, 6.45) is 3.08. The second-order valence-corrected chi connectivity index (χ2v) is 4.92. The Kier molecular flexibility index (Phi) is 5.14. The summed E-state index contributed by atoms with van der Waals surface area (Å²) in [5, 5.41) is 6.57. The predicted octanol–water partition coefficient (Wildman–Crippen LogP) is 3.44. The van der Waals surface area contributed by atoms with Crippen LogP contribution in [0.2, 0.25) is 10.0 Å². The highest BCUT2D eigenvalue weighted by atomic mass is 35.5. The first-order valence-electron chi connectivity index (χ1n) is 6.04. The number of nitrogens with zero attached hydrogens (tertiary/aromatic N) is 2. The molecule has 0 unspecified atom stereocenters. The lowest BCUT2D eigenvalue weighted by Crippen LogP contribution is -2.24. The van der Waals surface area contributed by atoms with Gasteiger partial charge in [0, 0.05) is 28.5 Å². The first-order chi connectivity index (χ1) is 10.1. The Labute approximate surface area is 132 Å². The molecule has 1 aromatic heterocycles. The molecular formula is C14H12Cl2N4O. The molecule has 108 valence electrons. The molecule has 1 aromatic carbocycles. The molecule has 0 aliphatic rings. The fraction of sp³-hybridized carbons (Fsp3) is 0.0714. The summed E-state index contributed by atoms with van der Waals surface area (Å²) in [6.45, 7) is 3.90. The number of nitrogens with one attached hydrogen (secondary N) is 2. The van der Waals surface area contributed by atoms with Crippen molar-refractivity contribution in [2.45, 2.75) is 0 Å². The second kappa shape index (κ2) is 7.06. The van der Waals surface area contributed by atoms with Gasteiger partial charge >= 0.3 is 0 Å². The Morgan fingerprint density at radius 2 is 2.00 bits per heavy atom. The van der Waals surface area contributed by atoms with E-state index < -0.39 is 0 Å². The topological polar surface area (TPSA) is 66.9 Å². The predicted molar refractivity (Wildman–Crippen MR) is 84.3 cm³/mol. The Hall–Kier alpha value is -2.11. The maximum absolute atomic E-state index is 11.8. The average Bonchev–Trinajstić information content (AvgIpc) is 2.44. The van der Waals surface area contributed by atoms with Gasteiger partial charge in [0.2, 0.25) is 5.95 Å². The van der Waals surface area contributed by atoms with Crippen LogP contribution in [0.5, 0.6) is 0 Å². The molecule has 2 N–H and O–H groups in total. The van der Waals surface area contributed by atoms with Crippen LogP contribution in [0.3, 0.4) is 0 Å². The zero-order valence-electron chi connectivity index (χ0n) is 10.9. The van der Waals surface area contributed by atoms with Crippen molar-refractivity contribution in [1.29, 1.82) is 0 Å². The fourth-order valence-corrected chi connectivity index (χ4v) is 2.08. The third-order valence-electron chi connectivity index (χ3n) is 2.41. The molecule has 0 saturated carbocycles. The fourth-order valence-electron chi connectivity index (χ4n) is 1.56. The SMILES string of the molecule is C=CCNC(=O)c1ccnc(Nc2cc(Cl)cc(Cl)c2)n1. The Morgan fingerprint density at radius 1 is 1.29 bits per heavy atom. The van der Waals surface area contributed by atoms with Crippen LogP contribution in [0.25, 0.3) is 0 Å². The van der Waals surface area contributed by atoms with Gasteiger partial charge < -0.3 is 10.6 Å². The van der Waals surface area contributed by atoms with Crippen molar-refractivity contribution in [1.82, 2.24) is 15.3 Å². The molecule has 21 heavy (non-hydrogen) atoms. The van der Waals surface area contributed by atoms with Gasteiger partial charge in [-0.05, 0) is 24.3 Å². The van der Waals surface area contributed by atoms with E-state index in [0.717, 1.165) is 0 Å². The summed E-state index contributed by atoms with van der Waals surface area (Å²) >= 11 is 11.8. The molecular weight excluding hydrogens is 311 g/mol. The molecule has 0 aliphatic heterocycles. The van der Waals surface area contributed by atoms with Gasteiger partial charge in [-0.3, -0.25) is 4.79 Å². The van der Waals surface area contributed by atoms with E-state index in [1.54, 1.807) is 24.3 Å². The quantitative estimate of drug-likeness (QED) is 0.827. The van der Waals surface area contributed by atoms with Crippen LogP contribution in [0.4, 0.5) is 11.6 Å². The Bertz CT molecular complexity index is 656. The molecule has 0 saturated heterocycles. The van der Waals surface area contributed by atoms with Gasteiger partial charge in [0.1, 0.15) is 5.69 Å². The maximum Gasteiger partial charge on any atom is 0.270 e. The lowest BCUT2D eigenvalue weighted by Gasteiger charge is -2.07. The molecule has 1 heterocycles. The monoisotopic (exact) mass is 322 g/mol. The Balaban J connectivity index is 2.17. The third-order valence-corrected chi connectivity index (χ3v) is 2.85. The van der Waals surface area contributed by atoms with Crippen LogP contribution >= 0.6 is 23.2 Å². The summed E-state index contributed by atoms with van der Waals surface area (Å²) in [6, 6.07) is 6.51. The molecule has 2 rings (SSSR count).